The molecule has 4 nitrogen and oxygen atoms in total. The van der Waals surface area contributed by atoms with Crippen LogP contribution in [-0.4, -0.2) is 35.0 Å². The van der Waals surface area contributed by atoms with E-state index in [2.05, 4.69) is 22.6 Å². The van der Waals surface area contributed by atoms with E-state index in [-0.39, 0.29) is 11.7 Å². The molecule has 1 saturated carbocycles. The normalized spacial score (nSPS) is 29.3. The molecule has 108 valence electrons. The number of nitrogens with zero attached hydrogens (tertiary/aromatic N) is 1. The summed E-state index contributed by atoms with van der Waals surface area (Å²) in [5, 5.41) is 9.74. The second-order valence-corrected chi connectivity index (χ2v) is 7.13. The maximum atomic E-state index is 12.5. The first kappa shape index (κ1) is 14.1. The van der Waals surface area contributed by atoms with Gasteiger partial charge >= 0.3 is 0 Å². The molecule has 0 spiro atoms. The number of carbonyl (C=O) groups is 1. The maximum absolute atomic E-state index is 12.5. The van der Waals surface area contributed by atoms with Crippen molar-refractivity contribution < 1.29 is 9.90 Å². The molecule has 1 aromatic carbocycles. The molecule has 1 unspecified atom stereocenters. The first-order chi connectivity index (χ1) is 9.54. The molecular formula is C15H19IN2O2. The fraction of sp³-hybridized carbons (Fsp3) is 0.533. The van der Waals surface area contributed by atoms with Crippen LogP contribution in [-0.2, 0) is 0 Å². The van der Waals surface area contributed by atoms with E-state index in [1.807, 2.05) is 4.90 Å². The van der Waals surface area contributed by atoms with Gasteiger partial charge < -0.3 is 15.7 Å². The first-order valence-electron chi connectivity index (χ1n) is 7.08. The van der Waals surface area contributed by atoms with Gasteiger partial charge in [-0.1, -0.05) is 0 Å². The summed E-state index contributed by atoms with van der Waals surface area (Å²) in [5.41, 5.74) is 6.60. The van der Waals surface area contributed by atoms with Gasteiger partial charge in [-0.2, -0.15) is 0 Å². The van der Waals surface area contributed by atoms with Gasteiger partial charge in [-0.05, 0) is 71.9 Å². The van der Waals surface area contributed by atoms with Gasteiger partial charge in [0.15, 0.2) is 0 Å². The summed E-state index contributed by atoms with van der Waals surface area (Å²) in [6, 6.07) is 5.44. The van der Waals surface area contributed by atoms with Crippen molar-refractivity contribution >= 4 is 28.5 Å². The predicted octanol–water partition coefficient (Wildman–Crippen LogP) is 2.20. The zero-order valence-electron chi connectivity index (χ0n) is 11.3. The van der Waals surface area contributed by atoms with Crippen molar-refractivity contribution in [2.45, 2.75) is 25.3 Å². The monoisotopic (exact) mass is 386 g/mol. The van der Waals surface area contributed by atoms with Crippen molar-refractivity contribution in [2.24, 2.45) is 17.6 Å². The molecule has 0 radical (unpaired) electrons. The molecular weight excluding hydrogens is 367 g/mol. The van der Waals surface area contributed by atoms with Gasteiger partial charge in [-0.15, -0.1) is 0 Å². The number of benzene rings is 1. The van der Waals surface area contributed by atoms with Crippen LogP contribution in [0, 0.1) is 15.4 Å². The summed E-state index contributed by atoms with van der Waals surface area (Å²) in [6.07, 6.45) is 3.24. The molecule has 3 N–H and O–H groups in total. The number of phenols is 1. The third kappa shape index (κ3) is 2.65. The molecule has 5 heteroatoms. The number of halogens is 1. The Kier molecular flexibility index (Phi) is 3.90. The average molecular weight is 386 g/mol. The topological polar surface area (TPSA) is 66.6 Å². The fourth-order valence-corrected chi connectivity index (χ4v) is 3.80. The molecule has 20 heavy (non-hydrogen) atoms. The minimum Gasteiger partial charge on any atom is -0.507 e. The number of likely N-dealkylation sites (tertiary alicyclic amines) is 1. The molecule has 1 heterocycles. The van der Waals surface area contributed by atoms with Crippen LogP contribution >= 0.6 is 22.6 Å². The lowest BCUT2D eigenvalue weighted by molar-refractivity contribution is 0.0783. The fourth-order valence-electron chi connectivity index (χ4n) is 3.46. The van der Waals surface area contributed by atoms with Crippen molar-refractivity contribution in [1.82, 2.24) is 4.90 Å². The lowest BCUT2D eigenvalue weighted by atomic mass is 9.79. The van der Waals surface area contributed by atoms with E-state index >= 15 is 0 Å². The zero-order chi connectivity index (χ0) is 14.3. The second kappa shape index (κ2) is 5.52. The van der Waals surface area contributed by atoms with E-state index in [0.717, 1.165) is 35.9 Å². The maximum Gasteiger partial charge on any atom is 0.254 e. The molecule has 1 aliphatic carbocycles. The molecule has 3 atom stereocenters. The van der Waals surface area contributed by atoms with Crippen LogP contribution in [0.2, 0.25) is 0 Å². The van der Waals surface area contributed by atoms with Gasteiger partial charge in [0, 0.05) is 24.7 Å². The van der Waals surface area contributed by atoms with Crippen LogP contribution in [0.25, 0.3) is 0 Å². The van der Waals surface area contributed by atoms with E-state index < -0.39 is 0 Å². The van der Waals surface area contributed by atoms with E-state index in [4.69, 9.17) is 5.73 Å². The number of rotatable bonds is 1. The Bertz CT molecular complexity index is 535. The van der Waals surface area contributed by atoms with Gasteiger partial charge in [0.1, 0.15) is 5.75 Å². The molecule has 0 bridgehead atoms. The van der Waals surface area contributed by atoms with Gasteiger partial charge in [0.25, 0.3) is 5.91 Å². The number of amides is 1. The number of fused-ring (bicyclic) bond motifs is 1. The predicted molar refractivity (Wildman–Crippen MR) is 85.5 cm³/mol. The SMILES string of the molecule is NC1CC[C@@H]2CN(C(=O)c3ccc(I)c(O)c3)C[C@@H]2C1. The van der Waals surface area contributed by atoms with Crippen molar-refractivity contribution in [3.8, 4) is 5.75 Å². The Morgan fingerprint density at radius 2 is 2.05 bits per heavy atom. The zero-order valence-corrected chi connectivity index (χ0v) is 13.4. The summed E-state index contributed by atoms with van der Waals surface area (Å²) in [7, 11) is 0. The first-order valence-corrected chi connectivity index (χ1v) is 8.16. The van der Waals surface area contributed by atoms with Crippen molar-refractivity contribution in [3.05, 3.63) is 27.3 Å². The highest BCUT2D eigenvalue weighted by atomic mass is 127. The standard InChI is InChI=1S/C15H19IN2O2/c16-13-4-2-9(6-14(13)19)15(20)18-7-10-1-3-12(17)5-11(10)8-18/h2,4,6,10-12,19H,1,3,5,7-8,17H2/t10-,11+,12?/m1/s1. The minimum atomic E-state index is 0.0275. The summed E-state index contributed by atoms with van der Waals surface area (Å²) >= 11 is 2.05. The number of aromatic hydroxyl groups is 1. The summed E-state index contributed by atoms with van der Waals surface area (Å²) in [5.74, 6) is 1.37. The summed E-state index contributed by atoms with van der Waals surface area (Å²) in [6.45, 7) is 1.65. The molecule has 1 aromatic rings. The Morgan fingerprint density at radius 1 is 1.30 bits per heavy atom. The molecule has 3 rings (SSSR count). The lowest BCUT2D eigenvalue weighted by Crippen LogP contribution is -2.32. The summed E-state index contributed by atoms with van der Waals surface area (Å²) in [4.78, 5) is 14.4. The second-order valence-electron chi connectivity index (χ2n) is 5.97. The van der Waals surface area contributed by atoms with Gasteiger partial charge in [-0.25, -0.2) is 0 Å². The quantitative estimate of drug-likeness (QED) is 0.728. The Morgan fingerprint density at radius 3 is 2.80 bits per heavy atom. The third-order valence-electron chi connectivity index (χ3n) is 4.57. The Hall–Kier alpha value is -0.820. The highest BCUT2D eigenvalue weighted by molar-refractivity contribution is 14.1. The van der Waals surface area contributed by atoms with Crippen LogP contribution in [0.4, 0.5) is 0 Å². The van der Waals surface area contributed by atoms with E-state index in [1.165, 1.54) is 0 Å². The number of nitrogens with two attached hydrogens (primary N) is 1. The number of phenolic OH excluding ortho intramolecular Hbond substituents is 1. The number of carbonyl (C=O) groups excluding carboxylic acids is 1. The third-order valence-corrected chi connectivity index (χ3v) is 5.48. The highest BCUT2D eigenvalue weighted by Gasteiger charge is 2.38. The van der Waals surface area contributed by atoms with Crippen LogP contribution in [0.5, 0.6) is 5.75 Å². The minimum absolute atomic E-state index is 0.0275. The van der Waals surface area contributed by atoms with Crippen molar-refractivity contribution in [3.63, 3.8) is 0 Å². The van der Waals surface area contributed by atoms with E-state index in [0.29, 0.717) is 23.4 Å². The molecule has 2 fully saturated rings. The molecule has 1 aliphatic heterocycles. The Balaban J connectivity index is 1.73. The van der Waals surface area contributed by atoms with Crippen LogP contribution in [0.15, 0.2) is 18.2 Å². The van der Waals surface area contributed by atoms with Crippen LogP contribution < -0.4 is 5.73 Å². The molecule has 1 amide bonds. The van der Waals surface area contributed by atoms with Crippen molar-refractivity contribution in [1.29, 1.82) is 0 Å². The van der Waals surface area contributed by atoms with Crippen LogP contribution in [0.3, 0.4) is 0 Å². The van der Waals surface area contributed by atoms with Gasteiger partial charge in [-0.3, -0.25) is 4.79 Å². The highest BCUT2D eigenvalue weighted by Crippen LogP contribution is 2.36. The largest absolute Gasteiger partial charge is 0.507 e. The van der Waals surface area contributed by atoms with Crippen molar-refractivity contribution in [2.75, 3.05) is 13.1 Å². The van der Waals surface area contributed by atoms with Gasteiger partial charge in [0.2, 0.25) is 0 Å². The average Bonchev–Trinajstić information content (AvgIpc) is 2.84. The summed E-state index contributed by atoms with van der Waals surface area (Å²) < 4.78 is 0.764. The van der Waals surface area contributed by atoms with E-state index in [9.17, 15) is 9.90 Å². The number of hydrogen-bond acceptors (Lipinski definition) is 3. The lowest BCUT2D eigenvalue weighted by Gasteiger charge is -2.27. The number of hydrogen-bond donors (Lipinski definition) is 2. The van der Waals surface area contributed by atoms with Crippen LogP contribution in [0.1, 0.15) is 29.6 Å². The Labute approximate surface area is 132 Å². The molecule has 1 saturated heterocycles. The molecule has 2 aliphatic rings. The molecule has 0 aromatic heterocycles. The smallest absolute Gasteiger partial charge is 0.254 e. The van der Waals surface area contributed by atoms with E-state index in [1.54, 1.807) is 18.2 Å². The van der Waals surface area contributed by atoms with Gasteiger partial charge in [0.05, 0.1) is 3.57 Å².